The lowest BCUT2D eigenvalue weighted by Gasteiger charge is -2.37. The summed E-state index contributed by atoms with van der Waals surface area (Å²) < 4.78 is 22.5. The Kier molecular flexibility index (Phi) is 6.21. The van der Waals surface area contributed by atoms with Crippen LogP contribution in [0.1, 0.15) is 19.8 Å². The van der Waals surface area contributed by atoms with Gasteiger partial charge in [-0.1, -0.05) is 6.07 Å². The first kappa shape index (κ1) is 18.8. The van der Waals surface area contributed by atoms with E-state index >= 15 is 0 Å². The van der Waals surface area contributed by atoms with Gasteiger partial charge in [-0.2, -0.15) is 0 Å². The molecular formula is C19H28N2O5. The van der Waals surface area contributed by atoms with Crippen molar-refractivity contribution in [2.45, 2.75) is 38.0 Å². The summed E-state index contributed by atoms with van der Waals surface area (Å²) in [7, 11) is 3.23. The van der Waals surface area contributed by atoms with Gasteiger partial charge in [0.2, 0.25) is 11.7 Å². The minimum Gasteiger partial charge on any atom is -0.493 e. The number of carbonyl (C=O) groups excluding carboxylic acids is 1. The van der Waals surface area contributed by atoms with Crippen molar-refractivity contribution < 1.29 is 23.7 Å². The van der Waals surface area contributed by atoms with Gasteiger partial charge in [0.05, 0.1) is 26.9 Å². The number of nitrogens with one attached hydrogen (secondary N) is 1. The number of morpholine rings is 1. The van der Waals surface area contributed by atoms with Gasteiger partial charge in [0.1, 0.15) is 12.1 Å². The number of likely N-dealkylation sites (tertiary alicyclic amines) is 1. The van der Waals surface area contributed by atoms with E-state index in [1.54, 1.807) is 14.2 Å². The van der Waals surface area contributed by atoms with Gasteiger partial charge in [-0.15, -0.1) is 0 Å². The second-order valence-corrected chi connectivity index (χ2v) is 6.64. The van der Waals surface area contributed by atoms with Gasteiger partial charge in [-0.25, -0.2) is 0 Å². The fourth-order valence-electron chi connectivity index (χ4n) is 3.50. The van der Waals surface area contributed by atoms with Gasteiger partial charge in [0.15, 0.2) is 11.5 Å². The van der Waals surface area contributed by atoms with E-state index in [9.17, 15) is 4.79 Å². The smallest absolute Gasteiger partial charge is 0.242 e. The molecule has 2 heterocycles. The molecule has 2 aliphatic rings. The summed E-state index contributed by atoms with van der Waals surface area (Å²) in [5.41, 5.74) is 0. The van der Waals surface area contributed by atoms with Gasteiger partial charge >= 0.3 is 0 Å². The zero-order valence-electron chi connectivity index (χ0n) is 15.7. The minimum absolute atomic E-state index is 0.0252. The first-order chi connectivity index (χ1) is 12.6. The average molecular weight is 364 g/mol. The number of carbonyl (C=O) groups is 1. The second kappa shape index (κ2) is 8.60. The van der Waals surface area contributed by atoms with Crippen molar-refractivity contribution in [1.29, 1.82) is 0 Å². The molecule has 7 heteroatoms. The lowest BCUT2D eigenvalue weighted by Crippen LogP contribution is -2.57. The molecule has 7 nitrogen and oxygen atoms in total. The van der Waals surface area contributed by atoms with Crippen molar-refractivity contribution in [2.24, 2.45) is 0 Å². The molecule has 0 saturated carbocycles. The van der Waals surface area contributed by atoms with Crippen molar-refractivity contribution in [3.63, 3.8) is 0 Å². The molecule has 26 heavy (non-hydrogen) atoms. The number of hydrogen-bond donors (Lipinski definition) is 1. The summed E-state index contributed by atoms with van der Waals surface area (Å²) in [4.78, 5) is 14.6. The number of nitrogens with zero attached hydrogens (tertiary/aromatic N) is 1. The summed E-state index contributed by atoms with van der Waals surface area (Å²) in [6, 6.07) is 5.32. The second-order valence-electron chi connectivity index (χ2n) is 6.64. The maximum Gasteiger partial charge on any atom is 0.242 e. The van der Waals surface area contributed by atoms with Crippen LogP contribution >= 0.6 is 0 Å². The van der Waals surface area contributed by atoms with Crippen LogP contribution in [0, 0.1) is 0 Å². The molecule has 2 aliphatic heterocycles. The molecule has 2 atom stereocenters. The Balaban J connectivity index is 1.58. The molecule has 3 rings (SSSR count). The third-order valence-corrected chi connectivity index (χ3v) is 5.00. The number of ether oxygens (including phenoxy) is 4. The van der Waals surface area contributed by atoms with E-state index in [1.807, 2.05) is 30.0 Å². The third kappa shape index (κ3) is 4.04. The quantitative estimate of drug-likeness (QED) is 0.853. The Morgan fingerprint density at radius 1 is 1.19 bits per heavy atom. The highest BCUT2D eigenvalue weighted by atomic mass is 16.5. The summed E-state index contributed by atoms with van der Waals surface area (Å²) in [5, 5.41) is 3.27. The lowest BCUT2D eigenvalue weighted by molar-refractivity contribution is -0.141. The van der Waals surface area contributed by atoms with E-state index in [-0.39, 0.29) is 24.2 Å². The molecule has 2 fully saturated rings. The molecule has 0 aliphatic carbocycles. The van der Waals surface area contributed by atoms with Crippen LogP contribution in [0.15, 0.2) is 18.2 Å². The minimum atomic E-state index is -0.254. The highest BCUT2D eigenvalue weighted by Gasteiger charge is 2.34. The Labute approximate surface area is 154 Å². The van der Waals surface area contributed by atoms with Crippen LogP contribution in [0.25, 0.3) is 0 Å². The summed E-state index contributed by atoms with van der Waals surface area (Å²) in [6.45, 7) is 4.66. The van der Waals surface area contributed by atoms with E-state index < -0.39 is 0 Å². The number of para-hydroxylation sites is 1. The fourth-order valence-corrected chi connectivity index (χ4v) is 3.50. The Morgan fingerprint density at radius 2 is 1.85 bits per heavy atom. The van der Waals surface area contributed by atoms with Crippen molar-refractivity contribution in [1.82, 2.24) is 10.2 Å². The van der Waals surface area contributed by atoms with Crippen molar-refractivity contribution in [3.8, 4) is 17.2 Å². The maximum atomic E-state index is 12.7. The van der Waals surface area contributed by atoms with Crippen LogP contribution < -0.4 is 19.5 Å². The summed E-state index contributed by atoms with van der Waals surface area (Å²) in [5.74, 6) is 2.05. The van der Waals surface area contributed by atoms with Crippen LogP contribution in [-0.4, -0.2) is 69.5 Å². The topological polar surface area (TPSA) is 69.3 Å². The molecular weight excluding hydrogens is 336 g/mol. The molecule has 144 valence electrons. The third-order valence-electron chi connectivity index (χ3n) is 5.00. The fraction of sp³-hybridized carbons (Fsp3) is 0.632. The Hall–Kier alpha value is -1.99. The normalized spacial score (nSPS) is 24.2. The van der Waals surface area contributed by atoms with E-state index in [0.29, 0.717) is 43.5 Å². The highest BCUT2D eigenvalue weighted by Crippen LogP contribution is 2.38. The number of rotatable bonds is 5. The van der Waals surface area contributed by atoms with Crippen LogP contribution in [0.4, 0.5) is 0 Å². The molecule has 1 amide bonds. The number of hydrogen-bond acceptors (Lipinski definition) is 6. The molecule has 1 aromatic rings. The first-order valence-electron chi connectivity index (χ1n) is 9.15. The van der Waals surface area contributed by atoms with Gasteiger partial charge in [-0.05, 0) is 19.1 Å². The largest absolute Gasteiger partial charge is 0.493 e. The zero-order valence-corrected chi connectivity index (χ0v) is 15.7. The Morgan fingerprint density at radius 3 is 2.42 bits per heavy atom. The van der Waals surface area contributed by atoms with Crippen LogP contribution in [0.5, 0.6) is 17.2 Å². The molecule has 2 saturated heterocycles. The van der Waals surface area contributed by atoms with Gasteiger partial charge in [-0.3, -0.25) is 4.79 Å². The molecule has 0 unspecified atom stereocenters. The van der Waals surface area contributed by atoms with E-state index in [4.69, 9.17) is 18.9 Å². The van der Waals surface area contributed by atoms with Crippen molar-refractivity contribution >= 4 is 5.91 Å². The molecule has 0 spiro atoms. The number of methoxy groups -OCH3 is 2. The number of amides is 1. The zero-order chi connectivity index (χ0) is 18.5. The predicted molar refractivity (Wildman–Crippen MR) is 97.0 cm³/mol. The van der Waals surface area contributed by atoms with E-state index in [0.717, 1.165) is 12.8 Å². The average Bonchev–Trinajstić information content (AvgIpc) is 2.68. The number of benzene rings is 1. The highest BCUT2D eigenvalue weighted by molar-refractivity contribution is 5.82. The van der Waals surface area contributed by atoms with E-state index in [2.05, 4.69) is 5.32 Å². The van der Waals surface area contributed by atoms with Crippen molar-refractivity contribution in [2.75, 3.05) is 40.5 Å². The maximum absolute atomic E-state index is 12.7. The molecule has 0 aromatic heterocycles. The first-order valence-corrected chi connectivity index (χ1v) is 9.15. The van der Waals surface area contributed by atoms with Gasteiger partial charge < -0.3 is 29.2 Å². The van der Waals surface area contributed by atoms with Crippen LogP contribution in [-0.2, 0) is 9.53 Å². The van der Waals surface area contributed by atoms with Crippen molar-refractivity contribution in [3.05, 3.63) is 18.2 Å². The summed E-state index contributed by atoms with van der Waals surface area (Å²) in [6.07, 6.45) is 1.48. The molecule has 1 aromatic carbocycles. The van der Waals surface area contributed by atoms with Gasteiger partial charge in [0, 0.05) is 32.5 Å². The summed E-state index contributed by atoms with van der Waals surface area (Å²) >= 11 is 0. The number of piperidine rings is 1. The standard InChI is InChI=1S/C19H28N2O5/c1-13-17(20-9-12-25-13)19(22)21-10-7-14(8-11-21)26-18-15(23-2)5-4-6-16(18)24-3/h4-6,13-14,17,20H,7-12H2,1-3H3/t13-,17+/m1/s1. The van der Waals surface area contributed by atoms with E-state index in [1.165, 1.54) is 0 Å². The molecule has 0 bridgehead atoms. The molecule has 1 N–H and O–H groups in total. The van der Waals surface area contributed by atoms with Crippen LogP contribution in [0.3, 0.4) is 0 Å². The lowest BCUT2D eigenvalue weighted by atomic mass is 10.0. The monoisotopic (exact) mass is 364 g/mol. The predicted octanol–water partition coefficient (Wildman–Crippen LogP) is 1.45. The molecule has 0 radical (unpaired) electrons. The SMILES string of the molecule is COc1cccc(OC)c1OC1CCN(C(=O)[C@H]2NCCO[C@@H]2C)CC1. The van der Waals surface area contributed by atoms with Gasteiger partial charge in [0.25, 0.3) is 0 Å². The van der Waals surface area contributed by atoms with Crippen LogP contribution in [0.2, 0.25) is 0 Å². The Bertz CT molecular complexity index is 594.